The van der Waals surface area contributed by atoms with Gasteiger partial charge in [-0.2, -0.15) is 0 Å². The summed E-state index contributed by atoms with van der Waals surface area (Å²) in [6.45, 7) is 3.03. The molecular weight excluding hydrogens is 195 g/mol. The van der Waals surface area contributed by atoms with Crippen molar-refractivity contribution < 1.29 is 4.74 Å². The number of hydrogen-bond donors (Lipinski definition) is 0. The van der Waals surface area contributed by atoms with E-state index >= 15 is 0 Å². The van der Waals surface area contributed by atoms with E-state index in [2.05, 4.69) is 6.92 Å². The van der Waals surface area contributed by atoms with Gasteiger partial charge in [0.05, 0.1) is 6.10 Å². The van der Waals surface area contributed by atoms with Gasteiger partial charge < -0.3 is 4.74 Å². The van der Waals surface area contributed by atoms with Crippen LogP contribution in [-0.4, -0.2) is 24.5 Å². The lowest BCUT2D eigenvalue weighted by atomic mass is 9.88. The van der Waals surface area contributed by atoms with Crippen LogP contribution in [0.3, 0.4) is 0 Å². The first-order valence-corrected chi connectivity index (χ1v) is 5.51. The van der Waals surface area contributed by atoms with Gasteiger partial charge in [-0.1, -0.05) is 6.92 Å². The second-order valence-corrected chi connectivity index (χ2v) is 4.45. The molecule has 1 nitrogen and oxygen atoms in total. The first-order valence-electron chi connectivity index (χ1n) is 4.44. The van der Waals surface area contributed by atoms with Crippen LogP contribution in [0.25, 0.3) is 0 Å². The van der Waals surface area contributed by atoms with Gasteiger partial charge in [0.1, 0.15) is 0 Å². The Bertz CT molecular complexity index is 128. The molecule has 1 unspecified atom stereocenters. The van der Waals surface area contributed by atoms with Crippen molar-refractivity contribution >= 4 is 23.2 Å². The van der Waals surface area contributed by atoms with Gasteiger partial charge in [-0.05, 0) is 24.7 Å². The van der Waals surface area contributed by atoms with Crippen LogP contribution in [0.15, 0.2) is 0 Å². The summed E-state index contributed by atoms with van der Waals surface area (Å²) in [5.41, 5.74) is 0.0537. The third-order valence-corrected chi connectivity index (χ3v) is 3.68. The third-order valence-electron chi connectivity index (χ3n) is 2.39. The van der Waals surface area contributed by atoms with Crippen molar-refractivity contribution in [1.29, 1.82) is 0 Å². The molecule has 0 bridgehead atoms. The van der Waals surface area contributed by atoms with Crippen LogP contribution in [0, 0.1) is 5.41 Å². The number of hydrogen-bond acceptors (Lipinski definition) is 1. The van der Waals surface area contributed by atoms with Gasteiger partial charge in [-0.3, -0.25) is 0 Å². The lowest BCUT2D eigenvalue weighted by Gasteiger charge is -2.27. The Morgan fingerprint density at radius 2 is 2.08 bits per heavy atom. The summed E-state index contributed by atoms with van der Waals surface area (Å²) in [4.78, 5) is 0. The molecule has 1 atom stereocenters. The van der Waals surface area contributed by atoms with Gasteiger partial charge >= 0.3 is 0 Å². The quantitative estimate of drug-likeness (QED) is 0.649. The van der Waals surface area contributed by atoms with E-state index in [9.17, 15) is 0 Å². The number of ether oxygens (including phenoxy) is 1. The summed E-state index contributed by atoms with van der Waals surface area (Å²) in [5.74, 6) is 1.24. The average Bonchev–Trinajstić information content (AvgIpc) is 2.57. The van der Waals surface area contributed by atoms with E-state index in [1.165, 1.54) is 12.8 Å². The SMILES string of the molecule is CC(CCl)(CCl)CC1CCCO1. The van der Waals surface area contributed by atoms with E-state index in [-0.39, 0.29) is 5.41 Å². The van der Waals surface area contributed by atoms with E-state index in [1.54, 1.807) is 0 Å². The maximum Gasteiger partial charge on any atom is 0.0582 e. The smallest absolute Gasteiger partial charge is 0.0582 e. The third kappa shape index (κ3) is 2.79. The summed E-state index contributed by atoms with van der Waals surface area (Å²) < 4.78 is 5.54. The molecule has 0 saturated carbocycles. The Morgan fingerprint density at radius 3 is 2.50 bits per heavy atom. The Kier molecular flexibility index (Phi) is 4.15. The van der Waals surface area contributed by atoms with Crippen molar-refractivity contribution in [2.45, 2.75) is 32.3 Å². The molecule has 1 rings (SSSR count). The number of rotatable bonds is 4. The maximum absolute atomic E-state index is 5.85. The van der Waals surface area contributed by atoms with Crippen LogP contribution in [0.1, 0.15) is 26.2 Å². The Labute approximate surface area is 84.4 Å². The molecule has 0 aliphatic carbocycles. The standard InChI is InChI=1S/C9H16Cl2O/c1-9(6-10,7-11)5-8-3-2-4-12-8/h8H,2-7H2,1H3. The summed E-state index contributed by atoms with van der Waals surface area (Å²) in [7, 11) is 0. The summed E-state index contributed by atoms with van der Waals surface area (Å²) in [6, 6.07) is 0. The minimum atomic E-state index is 0.0537. The zero-order valence-electron chi connectivity index (χ0n) is 7.48. The largest absolute Gasteiger partial charge is 0.378 e. The van der Waals surface area contributed by atoms with Gasteiger partial charge in [-0.25, -0.2) is 0 Å². The molecular formula is C9H16Cl2O. The molecule has 1 aliphatic rings. The highest BCUT2D eigenvalue weighted by atomic mass is 35.5. The molecule has 0 spiro atoms. The molecule has 1 heterocycles. The zero-order valence-corrected chi connectivity index (χ0v) is 9.00. The first-order chi connectivity index (χ1) is 5.70. The molecule has 12 heavy (non-hydrogen) atoms. The fourth-order valence-electron chi connectivity index (χ4n) is 1.50. The normalized spacial score (nSPS) is 24.8. The van der Waals surface area contributed by atoms with E-state index < -0.39 is 0 Å². The van der Waals surface area contributed by atoms with Gasteiger partial charge in [0.2, 0.25) is 0 Å². The average molecular weight is 211 g/mol. The van der Waals surface area contributed by atoms with Crippen LogP contribution >= 0.6 is 23.2 Å². The second kappa shape index (κ2) is 4.69. The van der Waals surface area contributed by atoms with Crippen LogP contribution in [0.2, 0.25) is 0 Å². The van der Waals surface area contributed by atoms with Crippen molar-refractivity contribution in [3.8, 4) is 0 Å². The fraction of sp³-hybridized carbons (Fsp3) is 1.00. The number of halogens is 2. The minimum absolute atomic E-state index is 0.0537. The Hall–Kier alpha value is 0.540. The van der Waals surface area contributed by atoms with Gasteiger partial charge in [0, 0.05) is 18.4 Å². The van der Waals surface area contributed by atoms with Crippen LogP contribution in [-0.2, 0) is 4.74 Å². The summed E-state index contributed by atoms with van der Waals surface area (Å²) >= 11 is 11.7. The first kappa shape index (κ1) is 10.6. The molecule has 0 aromatic rings. The lowest BCUT2D eigenvalue weighted by Crippen LogP contribution is -2.26. The van der Waals surface area contributed by atoms with Crippen molar-refractivity contribution in [3.05, 3.63) is 0 Å². The second-order valence-electron chi connectivity index (χ2n) is 3.92. The van der Waals surface area contributed by atoms with Gasteiger partial charge in [-0.15, -0.1) is 23.2 Å². The van der Waals surface area contributed by atoms with E-state index in [0.717, 1.165) is 13.0 Å². The molecule has 1 saturated heterocycles. The minimum Gasteiger partial charge on any atom is -0.378 e. The van der Waals surface area contributed by atoms with Crippen molar-refractivity contribution in [1.82, 2.24) is 0 Å². The molecule has 72 valence electrons. The highest BCUT2D eigenvalue weighted by Crippen LogP contribution is 2.31. The molecule has 0 N–H and O–H groups in total. The molecule has 0 aromatic heterocycles. The van der Waals surface area contributed by atoms with Crippen LogP contribution in [0.4, 0.5) is 0 Å². The van der Waals surface area contributed by atoms with E-state index in [0.29, 0.717) is 17.9 Å². The molecule has 3 heteroatoms. The topological polar surface area (TPSA) is 9.23 Å². The molecule has 0 radical (unpaired) electrons. The molecule has 0 aromatic carbocycles. The molecule has 1 aliphatic heterocycles. The number of alkyl halides is 2. The predicted molar refractivity (Wildman–Crippen MR) is 53.1 cm³/mol. The van der Waals surface area contributed by atoms with Gasteiger partial charge in [0.15, 0.2) is 0 Å². The highest BCUT2D eigenvalue weighted by molar-refractivity contribution is 6.21. The zero-order chi connectivity index (χ0) is 9.03. The van der Waals surface area contributed by atoms with Crippen molar-refractivity contribution in [3.63, 3.8) is 0 Å². The summed E-state index contributed by atoms with van der Waals surface area (Å²) in [6.07, 6.45) is 3.75. The Morgan fingerprint density at radius 1 is 1.42 bits per heavy atom. The Balaban J connectivity index is 2.35. The fourth-order valence-corrected chi connectivity index (χ4v) is 2.00. The van der Waals surface area contributed by atoms with Gasteiger partial charge in [0.25, 0.3) is 0 Å². The van der Waals surface area contributed by atoms with Crippen molar-refractivity contribution in [2.75, 3.05) is 18.4 Å². The maximum atomic E-state index is 5.85. The molecule has 1 fully saturated rings. The van der Waals surface area contributed by atoms with Crippen LogP contribution < -0.4 is 0 Å². The van der Waals surface area contributed by atoms with E-state index in [1.807, 2.05) is 0 Å². The van der Waals surface area contributed by atoms with Crippen LogP contribution in [0.5, 0.6) is 0 Å². The monoisotopic (exact) mass is 210 g/mol. The summed E-state index contributed by atoms with van der Waals surface area (Å²) in [5, 5.41) is 0. The molecule has 0 amide bonds. The predicted octanol–water partition coefficient (Wildman–Crippen LogP) is 3.04. The lowest BCUT2D eigenvalue weighted by molar-refractivity contribution is 0.0778. The van der Waals surface area contributed by atoms with Crippen molar-refractivity contribution in [2.24, 2.45) is 5.41 Å². The highest BCUT2D eigenvalue weighted by Gasteiger charge is 2.28. The van der Waals surface area contributed by atoms with E-state index in [4.69, 9.17) is 27.9 Å².